The second kappa shape index (κ2) is 12.7. The third-order valence-corrected chi connectivity index (χ3v) is 12.3. The average molecular weight is 756 g/mol. The fourth-order valence-electron chi connectivity index (χ4n) is 9.76. The van der Waals surface area contributed by atoms with Crippen molar-refractivity contribution < 1.29 is 0 Å². The van der Waals surface area contributed by atoms with Gasteiger partial charge in [-0.15, -0.1) is 0 Å². The molecule has 0 aliphatic heterocycles. The first-order valence-electron chi connectivity index (χ1n) is 20.2. The van der Waals surface area contributed by atoms with Gasteiger partial charge in [-0.2, -0.15) is 0 Å². The molecular formula is C54H37N5. The van der Waals surface area contributed by atoms with Gasteiger partial charge < -0.3 is 9.13 Å². The lowest BCUT2D eigenvalue weighted by molar-refractivity contribution is 0.664. The Bertz CT molecular complexity index is 3380. The highest BCUT2D eigenvalue weighted by Gasteiger charge is 2.41. The lowest BCUT2D eigenvalue weighted by Crippen LogP contribution is -2.16. The van der Waals surface area contributed by atoms with Gasteiger partial charge >= 0.3 is 0 Å². The number of hydrogen-bond acceptors (Lipinski definition) is 3. The van der Waals surface area contributed by atoms with Gasteiger partial charge in [-0.3, -0.25) is 0 Å². The number of aromatic nitrogens is 5. The Balaban J connectivity index is 1.16. The lowest BCUT2D eigenvalue weighted by atomic mass is 9.81. The minimum atomic E-state index is -0.268. The van der Waals surface area contributed by atoms with Crippen molar-refractivity contribution in [3.05, 3.63) is 199 Å². The van der Waals surface area contributed by atoms with E-state index in [9.17, 15) is 0 Å². The Morgan fingerprint density at radius 3 is 1.39 bits per heavy atom. The van der Waals surface area contributed by atoms with Crippen molar-refractivity contribution in [1.29, 1.82) is 0 Å². The smallest absolute Gasteiger partial charge is 0.164 e. The van der Waals surface area contributed by atoms with E-state index in [1.807, 2.05) is 60.7 Å². The highest BCUT2D eigenvalue weighted by atomic mass is 15.0. The van der Waals surface area contributed by atoms with E-state index in [4.69, 9.17) is 15.0 Å². The second-order valence-corrected chi connectivity index (χ2v) is 16.0. The molecule has 0 saturated heterocycles. The molecule has 59 heavy (non-hydrogen) atoms. The predicted octanol–water partition coefficient (Wildman–Crippen LogP) is 13.4. The third-order valence-electron chi connectivity index (χ3n) is 12.3. The SMILES string of the molecule is CC1(C)c2ccccc2-c2c1c1c(c3ccccc3n1-c1ccccc1)c1c3ccccc3n(-c3ccc(-c4nc(-c5ccccc5)nc(-c5ccccc5)n4)cc3)c21. The van der Waals surface area contributed by atoms with Crippen LogP contribution in [0.5, 0.6) is 0 Å². The van der Waals surface area contributed by atoms with E-state index in [0.29, 0.717) is 17.5 Å². The van der Waals surface area contributed by atoms with Crippen LogP contribution in [0.4, 0.5) is 0 Å². The highest BCUT2D eigenvalue weighted by Crippen LogP contribution is 2.58. The molecule has 0 radical (unpaired) electrons. The van der Waals surface area contributed by atoms with E-state index in [1.165, 1.54) is 65.9 Å². The molecule has 0 atom stereocenters. The van der Waals surface area contributed by atoms with Crippen LogP contribution in [0.15, 0.2) is 188 Å². The molecule has 0 amide bonds. The molecule has 5 nitrogen and oxygen atoms in total. The van der Waals surface area contributed by atoms with E-state index in [1.54, 1.807) is 0 Å². The zero-order valence-corrected chi connectivity index (χ0v) is 32.6. The Morgan fingerprint density at radius 2 is 0.814 bits per heavy atom. The van der Waals surface area contributed by atoms with Crippen LogP contribution < -0.4 is 0 Å². The van der Waals surface area contributed by atoms with Crippen LogP contribution in [0.3, 0.4) is 0 Å². The number of nitrogens with zero attached hydrogens (tertiary/aromatic N) is 5. The first-order chi connectivity index (χ1) is 29.1. The molecule has 11 aromatic rings. The first kappa shape index (κ1) is 33.5. The zero-order valence-electron chi connectivity index (χ0n) is 32.6. The standard InChI is InChI=1S/C54H37N5/c1-54(2)42-27-15-12-24-39(42)47-48(54)50-46(41-26-14-17-29-44(41)59(50)37-22-10-5-11-23-37)45-40-25-13-16-28-43(40)58(49(45)47)38-32-30-36(31-33-38)53-56-51(34-18-6-3-7-19-34)55-52(57-53)35-20-8-4-9-21-35/h3-33H,1-2H3. The monoisotopic (exact) mass is 755 g/mol. The van der Waals surface area contributed by atoms with Gasteiger partial charge in [0.05, 0.1) is 22.1 Å². The van der Waals surface area contributed by atoms with Crippen LogP contribution >= 0.6 is 0 Å². The second-order valence-electron chi connectivity index (χ2n) is 16.0. The molecule has 3 heterocycles. The third kappa shape index (κ3) is 4.88. The minimum Gasteiger partial charge on any atom is -0.309 e. The Morgan fingerprint density at radius 1 is 0.390 bits per heavy atom. The lowest BCUT2D eigenvalue weighted by Gasteiger charge is -2.24. The van der Waals surface area contributed by atoms with Gasteiger partial charge in [0, 0.05) is 60.6 Å². The normalized spacial score (nSPS) is 13.1. The van der Waals surface area contributed by atoms with Gasteiger partial charge in [-0.05, 0) is 65.2 Å². The highest BCUT2D eigenvalue weighted by molar-refractivity contribution is 6.33. The fraction of sp³-hybridized carbons (Fsp3) is 0.0556. The molecule has 12 rings (SSSR count). The molecule has 1 aliphatic rings. The number of hydrogen-bond donors (Lipinski definition) is 0. The van der Waals surface area contributed by atoms with Gasteiger partial charge in [-0.1, -0.05) is 153 Å². The summed E-state index contributed by atoms with van der Waals surface area (Å²) in [6, 6.07) is 66.8. The minimum absolute atomic E-state index is 0.268. The summed E-state index contributed by atoms with van der Waals surface area (Å²) in [6.45, 7) is 4.81. The first-order valence-corrected chi connectivity index (χ1v) is 20.2. The van der Waals surface area contributed by atoms with E-state index in [-0.39, 0.29) is 5.41 Å². The molecule has 0 spiro atoms. The van der Waals surface area contributed by atoms with Crippen LogP contribution in [0.2, 0.25) is 0 Å². The summed E-state index contributed by atoms with van der Waals surface area (Å²) in [5, 5.41) is 5.05. The molecule has 278 valence electrons. The zero-order chi connectivity index (χ0) is 39.2. The van der Waals surface area contributed by atoms with E-state index in [2.05, 4.69) is 150 Å². The molecule has 5 heteroatoms. The quantitative estimate of drug-likeness (QED) is 0.176. The van der Waals surface area contributed by atoms with E-state index < -0.39 is 0 Å². The topological polar surface area (TPSA) is 48.5 Å². The summed E-state index contributed by atoms with van der Waals surface area (Å²) in [6.07, 6.45) is 0. The van der Waals surface area contributed by atoms with Crippen LogP contribution in [0, 0.1) is 0 Å². The summed E-state index contributed by atoms with van der Waals surface area (Å²) in [7, 11) is 0. The van der Waals surface area contributed by atoms with Gasteiger partial charge in [0.15, 0.2) is 17.5 Å². The molecule has 0 N–H and O–H groups in total. The number of fused-ring (bicyclic) bond motifs is 12. The van der Waals surface area contributed by atoms with Crippen molar-refractivity contribution in [3.8, 4) is 56.7 Å². The van der Waals surface area contributed by atoms with E-state index >= 15 is 0 Å². The summed E-state index contributed by atoms with van der Waals surface area (Å²) >= 11 is 0. The van der Waals surface area contributed by atoms with Crippen molar-refractivity contribution in [2.45, 2.75) is 19.3 Å². The molecule has 0 bridgehead atoms. The maximum absolute atomic E-state index is 5.04. The molecule has 0 saturated carbocycles. The molecule has 0 unspecified atom stereocenters. The number of rotatable bonds is 5. The van der Waals surface area contributed by atoms with Gasteiger partial charge in [-0.25, -0.2) is 15.0 Å². The maximum atomic E-state index is 5.04. The number of para-hydroxylation sites is 3. The summed E-state index contributed by atoms with van der Waals surface area (Å²) in [5.41, 5.74) is 15.0. The Hall–Kier alpha value is -7.63. The van der Waals surface area contributed by atoms with Crippen LogP contribution in [-0.4, -0.2) is 24.1 Å². The van der Waals surface area contributed by atoms with Crippen LogP contribution in [0.1, 0.15) is 25.0 Å². The summed E-state index contributed by atoms with van der Waals surface area (Å²) in [4.78, 5) is 15.0. The summed E-state index contributed by atoms with van der Waals surface area (Å²) < 4.78 is 5.01. The van der Waals surface area contributed by atoms with Crippen molar-refractivity contribution in [2.24, 2.45) is 0 Å². The van der Waals surface area contributed by atoms with Crippen molar-refractivity contribution in [1.82, 2.24) is 24.1 Å². The number of benzene rings is 8. The van der Waals surface area contributed by atoms with Gasteiger partial charge in [0.25, 0.3) is 0 Å². The van der Waals surface area contributed by atoms with Crippen molar-refractivity contribution in [2.75, 3.05) is 0 Å². The van der Waals surface area contributed by atoms with Crippen LogP contribution in [0.25, 0.3) is 100 Å². The molecule has 8 aromatic carbocycles. The van der Waals surface area contributed by atoms with Gasteiger partial charge in [0.1, 0.15) is 0 Å². The molecule has 0 fully saturated rings. The van der Waals surface area contributed by atoms with Crippen LogP contribution in [-0.2, 0) is 5.41 Å². The average Bonchev–Trinajstić information content (AvgIpc) is 3.90. The molecule has 3 aromatic heterocycles. The van der Waals surface area contributed by atoms with Gasteiger partial charge in [0.2, 0.25) is 0 Å². The van der Waals surface area contributed by atoms with Crippen molar-refractivity contribution >= 4 is 43.6 Å². The molecule has 1 aliphatic carbocycles. The molecular weight excluding hydrogens is 719 g/mol. The fourth-order valence-corrected chi connectivity index (χ4v) is 9.76. The van der Waals surface area contributed by atoms with Crippen molar-refractivity contribution in [3.63, 3.8) is 0 Å². The largest absolute Gasteiger partial charge is 0.309 e. The Labute approximate surface area is 341 Å². The summed E-state index contributed by atoms with van der Waals surface area (Å²) in [5.74, 6) is 1.94. The Kier molecular flexibility index (Phi) is 7.20. The predicted molar refractivity (Wildman–Crippen MR) is 242 cm³/mol. The van der Waals surface area contributed by atoms with E-state index in [0.717, 1.165) is 28.1 Å². The maximum Gasteiger partial charge on any atom is 0.164 e.